The van der Waals surface area contributed by atoms with Gasteiger partial charge in [0.05, 0.1) is 15.6 Å². The Morgan fingerprint density at radius 3 is 2.44 bits per heavy atom. The number of nitro benzene ring substituents is 1. The van der Waals surface area contributed by atoms with Gasteiger partial charge in [0.25, 0.3) is 9.05 Å². The van der Waals surface area contributed by atoms with Gasteiger partial charge in [0, 0.05) is 10.7 Å². The van der Waals surface area contributed by atoms with Gasteiger partial charge in [-0.1, -0.05) is 0 Å². The van der Waals surface area contributed by atoms with Crippen LogP contribution in [0.15, 0.2) is 17.0 Å². The van der Waals surface area contributed by atoms with Gasteiger partial charge in [-0.05, 0) is 34.7 Å². The molecule has 0 saturated carbocycles. The number of nitrogens with zero attached hydrogens (tertiary/aromatic N) is 1. The van der Waals surface area contributed by atoms with Crippen molar-refractivity contribution < 1.29 is 18.1 Å². The molecule has 0 spiro atoms. The van der Waals surface area contributed by atoms with E-state index < -0.39 is 24.6 Å². The number of methoxy groups -OCH3 is 1. The molecule has 0 radical (unpaired) electrons. The molecule has 16 heavy (non-hydrogen) atoms. The molecule has 1 rings (SSSR count). The zero-order chi connectivity index (χ0) is 12.5. The molecule has 0 aromatic heterocycles. The minimum absolute atomic E-state index is 0.267. The van der Waals surface area contributed by atoms with Crippen molar-refractivity contribution in [2.75, 3.05) is 7.11 Å². The summed E-state index contributed by atoms with van der Waals surface area (Å²) in [5.41, 5.74) is -0.412. The van der Waals surface area contributed by atoms with Gasteiger partial charge in [0.1, 0.15) is 4.90 Å². The maximum Gasteiger partial charge on any atom is 0.325 e. The van der Waals surface area contributed by atoms with Crippen molar-refractivity contribution in [1.82, 2.24) is 0 Å². The highest BCUT2D eigenvalue weighted by Crippen LogP contribution is 2.38. The Hall–Kier alpha value is -0.610. The Morgan fingerprint density at radius 1 is 1.50 bits per heavy atom. The smallest absolute Gasteiger partial charge is 0.325 e. The molecule has 1 aromatic carbocycles. The summed E-state index contributed by atoms with van der Waals surface area (Å²) in [6.07, 6.45) is 0. The molecule has 0 atom stereocenters. The fourth-order valence-corrected chi connectivity index (χ4v) is 2.71. The number of rotatable bonds is 3. The quantitative estimate of drug-likeness (QED) is 0.349. The number of nitro groups is 1. The highest BCUT2D eigenvalue weighted by Gasteiger charge is 2.28. The molecule has 0 unspecified atom stereocenters. The van der Waals surface area contributed by atoms with E-state index in [4.69, 9.17) is 15.4 Å². The minimum Gasteiger partial charge on any atom is -0.489 e. The molecule has 88 valence electrons. The first kappa shape index (κ1) is 13.5. The first-order chi connectivity index (χ1) is 7.29. The molecule has 0 heterocycles. The molecule has 9 heteroatoms. The second-order valence-corrected chi connectivity index (χ2v) is 6.32. The third-order valence-corrected chi connectivity index (χ3v) is 3.91. The topological polar surface area (TPSA) is 86.5 Å². The Bertz CT molecular complexity index is 544. The van der Waals surface area contributed by atoms with Crippen LogP contribution in [0.3, 0.4) is 0 Å². The van der Waals surface area contributed by atoms with Crippen molar-refractivity contribution in [2.24, 2.45) is 0 Å². The van der Waals surface area contributed by atoms with Gasteiger partial charge in [0.15, 0.2) is 0 Å². The molecule has 0 fully saturated rings. The maximum atomic E-state index is 11.2. The molecule has 1 aromatic rings. The van der Waals surface area contributed by atoms with E-state index in [0.717, 1.165) is 13.2 Å². The number of halogens is 2. The van der Waals surface area contributed by atoms with E-state index in [9.17, 15) is 18.5 Å². The average Bonchev–Trinajstić information content (AvgIpc) is 2.14. The zero-order valence-corrected chi connectivity index (χ0v) is 11.5. The Kier molecular flexibility index (Phi) is 3.97. The van der Waals surface area contributed by atoms with Gasteiger partial charge in [0.2, 0.25) is 5.75 Å². The van der Waals surface area contributed by atoms with Crippen molar-refractivity contribution in [2.45, 2.75) is 4.90 Å². The third-order valence-electron chi connectivity index (χ3n) is 1.70. The molecule has 0 aliphatic heterocycles. The Balaban J connectivity index is 3.69. The summed E-state index contributed by atoms with van der Waals surface area (Å²) < 4.78 is 27.3. The fraction of sp³-hybridized carbons (Fsp3) is 0.143. The summed E-state index contributed by atoms with van der Waals surface area (Å²) in [5, 5.41) is 10.8. The summed E-state index contributed by atoms with van der Waals surface area (Å²) >= 11 is 1.71. The van der Waals surface area contributed by atoms with Gasteiger partial charge in [-0.3, -0.25) is 10.1 Å². The zero-order valence-electron chi connectivity index (χ0n) is 7.81. The predicted molar refractivity (Wildman–Crippen MR) is 65.4 cm³/mol. The lowest BCUT2D eigenvalue weighted by molar-refractivity contribution is -0.387. The lowest BCUT2D eigenvalue weighted by Gasteiger charge is -2.07. The SMILES string of the molecule is COc1c(S(=O)(=O)Cl)ccc(I)c1[N+](=O)[O-]. The van der Waals surface area contributed by atoms with Crippen molar-refractivity contribution in [3.8, 4) is 5.75 Å². The van der Waals surface area contributed by atoms with E-state index in [0.29, 0.717) is 0 Å². The summed E-state index contributed by atoms with van der Waals surface area (Å²) in [6.45, 7) is 0. The van der Waals surface area contributed by atoms with E-state index in [1.807, 2.05) is 0 Å². The van der Waals surface area contributed by atoms with Crippen molar-refractivity contribution in [1.29, 1.82) is 0 Å². The van der Waals surface area contributed by atoms with E-state index in [-0.39, 0.29) is 9.32 Å². The van der Waals surface area contributed by atoms with Crippen LogP contribution in [0.5, 0.6) is 5.75 Å². The fourth-order valence-electron chi connectivity index (χ4n) is 1.09. The lowest BCUT2D eigenvalue weighted by Crippen LogP contribution is -2.02. The molecule has 6 nitrogen and oxygen atoms in total. The molecule has 0 aliphatic rings. The second-order valence-electron chi connectivity index (χ2n) is 2.62. The molecule has 0 aliphatic carbocycles. The molecule has 0 N–H and O–H groups in total. The van der Waals surface area contributed by atoms with Crippen molar-refractivity contribution in [3.05, 3.63) is 25.8 Å². The molecular formula is C7H5ClINO5S. The predicted octanol–water partition coefficient (Wildman–Crippen LogP) is 2.14. The van der Waals surface area contributed by atoms with Crippen LogP contribution in [-0.4, -0.2) is 20.5 Å². The van der Waals surface area contributed by atoms with E-state index in [2.05, 4.69) is 0 Å². The highest BCUT2D eigenvalue weighted by molar-refractivity contribution is 14.1. The van der Waals surface area contributed by atoms with Crippen LogP contribution in [0.4, 0.5) is 5.69 Å². The molecule has 0 saturated heterocycles. The van der Waals surface area contributed by atoms with Crippen LogP contribution in [0.25, 0.3) is 0 Å². The number of benzene rings is 1. The van der Waals surface area contributed by atoms with Gasteiger partial charge in [-0.2, -0.15) is 0 Å². The summed E-state index contributed by atoms with van der Waals surface area (Å²) in [6, 6.07) is 2.45. The second kappa shape index (κ2) is 4.72. The van der Waals surface area contributed by atoms with Gasteiger partial charge in [-0.15, -0.1) is 0 Å². The van der Waals surface area contributed by atoms with E-state index in [1.165, 1.54) is 6.07 Å². The Morgan fingerprint density at radius 2 is 2.06 bits per heavy atom. The van der Waals surface area contributed by atoms with E-state index >= 15 is 0 Å². The standard InChI is InChI=1S/C7H5ClINO5S/c1-15-7-5(16(8,13)14)3-2-4(9)6(7)10(11)12/h2-3H,1H3. The number of ether oxygens (including phenoxy) is 1. The van der Waals surface area contributed by atoms with Crippen LogP contribution in [0.2, 0.25) is 0 Å². The van der Waals surface area contributed by atoms with Crippen LogP contribution in [-0.2, 0) is 9.05 Å². The first-order valence-corrected chi connectivity index (χ1v) is 7.13. The molecule has 0 bridgehead atoms. The van der Waals surface area contributed by atoms with Gasteiger partial charge < -0.3 is 4.74 Å². The van der Waals surface area contributed by atoms with E-state index in [1.54, 1.807) is 22.6 Å². The normalized spacial score (nSPS) is 11.2. The Labute approximate surface area is 109 Å². The van der Waals surface area contributed by atoms with Crippen molar-refractivity contribution >= 4 is 48.0 Å². The summed E-state index contributed by atoms with van der Waals surface area (Å²) in [7, 11) is 2.20. The lowest BCUT2D eigenvalue weighted by atomic mass is 10.3. The van der Waals surface area contributed by atoms with Crippen molar-refractivity contribution in [3.63, 3.8) is 0 Å². The summed E-state index contributed by atoms with van der Waals surface area (Å²) in [4.78, 5) is 9.63. The van der Waals surface area contributed by atoms with Crippen LogP contribution in [0.1, 0.15) is 0 Å². The van der Waals surface area contributed by atoms with Gasteiger partial charge in [-0.25, -0.2) is 8.42 Å². The maximum absolute atomic E-state index is 11.2. The highest BCUT2D eigenvalue weighted by atomic mass is 127. The average molecular weight is 378 g/mol. The number of hydrogen-bond donors (Lipinski definition) is 0. The van der Waals surface area contributed by atoms with Crippen LogP contribution in [0, 0.1) is 13.7 Å². The minimum atomic E-state index is -4.08. The summed E-state index contributed by atoms with van der Waals surface area (Å²) in [5.74, 6) is -0.355. The van der Waals surface area contributed by atoms with Gasteiger partial charge >= 0.3 is 5.69 Å². The monoisotopic (exact) mass is 377 g/mol. The largest absolute Gasteiger partial charge is 0.489 e. The molecule has 0 amide bonds. The molecular weight excluding hydrogens is 373 g/mol. The van der Waals surface area contributed by atoms with Crippen LogP contribution >= 0.6 is 33.3 Å². The first-order valence-electron chi connectivity index (χ1n) is 3.74. The number of hydrogen-bond acceptors (Lipinski definition) is 5. The third kappa shape index (κ3) is 2.55. The van der Waals surface area contributed by atoms with Crippen LogP contribution < -0.4 is 4.74 Å².